The van der Waals surface area contributed by atoms with Gasteiger partial charge >= 0.3 is 0 Å². The molecule has 3 rings (SSSR count). The first kappa shape index (κ1) is 18.6. The molecule has 3 nitrogen and oxygen atoms in total. The Morgan fingerprint density at radius 2 is 1.73 bits per heavy atom. The van der Waals surface area contributed by atoms with E-state index in [1.165, 1.54) is 23.0 Å². The van der Waals surface area contributed by atoms with Crippen molar-refractivity contribution >= 4 is 51.7 Å². The molecule has 1 heterocycles. The first-order valence-corrected chi connectivity index (χ1v) is 9.49. The maximum Gasteiger partial charge on any atom is 0.250 e. The predicted octanol–water partition coefficient (Wildman–Crippen LogP) is 6.39. The van der Waals surface area contributed by atoms with Gasteiger partial charge in [0.15, 0.2) is 5.13 Å². The predicted molar refractivity (Wildman–Crippen MR) is 111 cm³/mol. The van der Waals surface area contributed by atoms with Crippen LogP contribution in [0.1, 0.15) is 16.0 Å². The molecule has 1 N–H and O–H groups in total. The number of carbonyl (C=O) groups is 1. The van der Waals surface area contributed by atoms with E-state index in [0.717, 1.165) is 16.1 Å². The van der Waals surface area contributed by atoms with E-state index < -0.39 is 0 Å². The van der Waals surface area contributed by atoms with Crippen molar-refractivity contribution in [2.75, 3.05) is 5.32 Å². The number of aryl methyl sites for hydroxylation is 2. The van der Waals surface area contributed by atoms with Crippen LogP contribution in [0.15, 0.2) is 48.5 Å². The van der Waals surface area contributed by atoms with Crippen molar-refractivity contribution in [2.45, 2.75) is 13.8 Å². The summed E-state index contributed by atoms with van der Waals surface area (Å²) in [6, 6.07) is 13.4. The van der Waals surface area contributed by atoms with Gasteiger partial charge in [0.1, 0.15) is 0 Å². The Balaban J connectivity index is 1.75. The van der Waals surface area contributed by atoms with Gasteiger partial charge in [-0.25, -0.2) is 4.98 Å². The minimum absolute atomic E-state index is 0.287. The Labute approximate surface area is 166 Å². The van der Waals surface area contributed by atoms with Gasteiger partial charge in [0.2, 0.25) is 5.91 Å². The topological polar surface area (TPSA) is 42.0 Å². The van der Waals surface area contributed by atoms with E-state index in [1.54, 1.807) is 24.3 Å². The Morgan fingerprint density at radius 3 is 2.38 bits per heavy atom. The van der Waals surface area contributed by atoms with Crippen LogP contribution < -0.4 is 5.32 Å². The van der Waals surface area contributed by atoms with Crippen LogP contribution in [0.5, 0.6) is 0 Å². The highest BCUT2D eigenvalue weighted by Gasteiger charge is 2.11. The molecular weight excluding hydrogens is 387 g/mol. The molecule has 0 spiro atoms. The zero-order chi connectivity index (χ0) is 18.7. The number of nitrogens with one attached hydrogen (secondary N) is 1. The monoisotopic (exact) mass is 402 g/mol. The van der Waals surface area contributed by atoms with Crippen LogP contribution in [0.3, 0.4) is 0 Å². The summed E-state index contributed by atoms with van der Waals surface area (Å²) < 4.78 is 0. The minimum atomic E-state index is -0.287. The van der Waals surface area contributed by atoms with E-state index in [9.17, 15) is 4.79 Å². The number of anilines is 1. The fraction of sp³-hybridized carbons (Fsp3) is 0.100. The van der Waals surface area contributed by atoms with E-state index in [-0.39, 0.29) is 5.91 Å². The largest absolute Gasteiger partial charge is 0.298 e. The first-order chi connectivity index (χ1) is 12.4. The second-order valence-corrected chi connectivity index (χ2v) is 7.77. The third-order valence-electron chi connectivity index (χ3n) is 3.75. The quantitative estimate of drug-likeness (QED) is 0.513. The molecular formula is C20H16Cl2N2OS. The lowest BCUT2D eigenvalue weighted by molar-refractivity contribution is -0.111. The van der Waals surface area contributed by atoms with E-state index in [1.807, 2.05) is 38.1 Å². The van der Waals surface area contributed by atoms with Crippen molar-refractivity contribution in [3.8, 4) is 11.3 Å². The summed E-state index contributed by atoms with van der Waals surface area (Å²) in [4.78, 5) is 17.8. The van der Waals surface area contributed by atoms with Gasteiger partial charge in [0.25, 0.3) is 0 Å². The van der Waals surface area contributed by atoms with Crippen LogP contribution >= 0.6 is 34.5 Å². The van der Waals surface area contributed by atoms with Gasteiger partial charge in [-0.05, 0) is 32.1 Å². The summed E-state index contributed by atoms with van der Waals surface area (Å²) in [5, 5.41) is 4.33. The van der Waals surface area contributed by atoms with Crippen molar-refractivity contribution in [1.82, 2.24) is 4.98 Å². The normalized spacial score (nSPS) is 11.1. The highest BCUT2D eigenvalue weighted by molar-refractivity contribution is 7.16. The van der Waals surface area contributed by atoms with E-state index >= 15 is 0 Å². The van der Waals surface area contributed by atoms with Gasteiger partial charge in [-0.1, -0.05) is 59.1 Å². The molecule has 0 unspecified atom stereocenters. The number of amides is 1. The molecule has 26 heavy (non-hydrogen) atoms. The molecule has 3 aromatic rings. The Kier molecular flexibility index (Phi) is 5.77. The van der Waals surface area contributed by atoms with Gasteiger partial charge in [-0.15, -0.1) is 11.3 Å². The summed E-state index contributed by atoms with van der Waals surface area (Å²) in [7, 11) is 0. The second kappa shape index (κ2) is 8.04. The van der Waals surface area contributed by atoms with Crippen LogP contribution in [0.2, 0.25) is 10.0 Å². The standard InChI is InChI=1S/C20H16Cl2N2OS/c1-12-6-8-14(9-7-12)19-13(2)26-20(24-19)23-18(25)11-10-15-16(21)4-3-5-17(15)22/h3-11H,1-2H3,(H,23,24,25)/b11-10+. The number of thiazole rings is 1. The third kappa shape index (κ3) is 4.33. The van der Waals surface area contributed by atoms with Crippen molar-refractivity contribution in [3.63, 3.8) is 0 Å². The second-order valence-electron chi connectivity index (χ2n) is 5.75. The summed E-state index contributed by atoms with van der Waals surface area (Å²) in [5.74, 6) is -0.287. The molecule has 0 aliphatic rings. The molecule has 0 saturated carbocycles. The van der Waals surface area contributed by atoms with E-state index in [4.69, 9.17) is 23.2 Å². The number of carbonyl (C=O) groups excluding carboxylic acids is 1. The summed E-state index contributed by atoms with van der Waals surface area (Å²) in [5.41, 5.74) is 3.71. The highest BCUT2D eigenvalue weighted by Crippen LogP contribution is 2.30. The maximum atomic E-state index is 12.2. The van der Waals surface area contributed by atoms with Crippen molar-refractivity contribution in [2.24, 2.45) is 0 Å². The summed E-state index contributed by atoms with van der Waals surface area (Å²) in [6.45, 7) is 4.03. The van der Waals surface area contributed by atoms with Crippen molar-refractivity contribution < 1.29 is 4.79 Å². The van der Waals surface area contributed by atoms with Crippen LogP contribution in [-0.2, 0) is 4.79 Å². The smallest absolute Gasteiger partial charge is 0.250 e. The molecule has 0 bridgehead atoms. The molecule has 0 radical (unpaired) electrons. The zero-order valence-electron chi connectivity index (χ0n) is 14.2. The zero-order valence-corrected chi connectivity index (χ0v) is 16.5. The molecule has 1 amide bonds. The van der Waals surface area contributed by atoms with E-state index in [0.29, 0.717) is 20.7 Å². The van der Waals surface area contributed by atoms with Crippen LogP contribution in [-0.4, -0.2) is 10.9 Å². The SMILES string of the molecule is Cc1ccc(-c2nc(NC(=O)/C=C/c3c(Cl)cccc3Cl)sc2C)cc1. The molecule has 2 aromatic carbocycles. The molecule has 132 valence electrons. The Bertz CT molecular complexity index is 958. The van der Waals surface area contributed by atoms with Gasteiger partial charge < -0.3 is 0 Å². The van der Waals surface area contributed by atoms with Crippen LogP contribution in [0.4, 0.5) is 5.13 Å². The number of hydrogen-bond acceptors (Lipinski definition) is 3. The number of halogens is 2. The molecule has 0 saturated heterocycles. The lowest BCUT2D eigenvalue weighted by atomic mass is 10.1. The lowest BCUT2D eigenvalue weighted by Gasteiger charge is -2.01. The average molecular weight is 403 g/mol. The van der Waals surface area contributed by atoms with Crippen molar-refractivity contribution in [3.05, 3.63) is 74.6 Å². The third-order valence-corrected chi connectivity index (χ3v) is 5.30. The fourth-order valence-corrected chi connectivity index (χ4v) is 3.77. The van der Waals surface area contributed by atoms with Gasteiger partial charge in [0.05, 0.1) is 5.69 Å². The Morgan fingerprint density at radius 1 is 1.08 bits per heavy atom. The van der Waals surface area contributed by atoms with Gasteiger partial charge in [-0.2, -0.15) is 0 Å². The molecule has 0 aliphatic carbocycles. The number of benzene rings is 2. The Hall–Kier alpha value is -2.14. The van der Waals surface area contributed by atoms with Crippen LogP contribution in [0.25, 0.3) is 17.3 Å². The molecule has 6 heteroatoms. The fourth-order valence-electron chi connectivity index (χ4n) is 2.41. The first-order valence-electron chi connectivity index (χ1n) is 7.91. The average Bonchev–Trinajstić information content (AvgIpc) is 2.95. The maximum absolute atomic E-state index is 12.2. The lowest BCUT2D eigenvalue weighted by Crippen LogP contribution is -2.07. The summed E-state index contributed by atoms with van der Waals surface area (Å²) >= 11 is 13.6. The molecule has 0 atom stereocenters. The molecule has 1 aromatic heterocycles. The molecule has 0 fully saturated rings. The number of hydrogen-bond donors (Lipinski definition) is 1. The van der Waals surface area contributed by atoms with Gasteiger partial charge in [-0.3, -0.25) is 10.1 Å². The number of nitrogens with zero attached hydrogens (tertiary/aromatic N) is 1. The summed E-state index contributed by atoms with van der Waals surface area (Å²) in [6.07, 6.45) is 3.00. The van der Waals surface area contributed by atoms with Gasteiger partial charge in [0, 0.05) is 32.1 Å². The number of rotatable bonds is 4. The van der Waals surface area contributed by atoms with E-state index in [2.05, 4.69) is 10.3 Å². The molecule has 0 aliphatic heterocycles. The highest BCUT2D eigenvalue weighted by atomic mass is 35.5. The van der Waals surface area contributed by atoms with Crippen molar-refractivity contribution in [1.29, 1.82) is 0 Å². The van der Waals surface area contributed by atoms with Crippen LogP contribution in [0, 0.1) is 13.8 Å². The number of aromatic nitrogens is 1. The minimum Gasteiger partial charge on any atom is -0.298 e.